The highest BCUT2D eigenvalue weighted by atomic mass is 31.1. The predicted octanol–water partition coefficient (Wildman–Crippen LogP) is 8.84. The first-order valence-electron chi connectivity index (χ1n) is 10.1. The summed E-state index contributed by atoms with van der Waals surface area (Å²) in [6.45, 7) is 29.1. The molecule has 26 heavy (non-hydrogen) atoms. The summed E-state index contributed by atoms with van der Waals surface area (Å²) in [6.07, 6.45) is 2.47. The number of hydrogen-bond donors (Lipinski definition) is 0. The molecule has 0 unspecified atom stereocenters. The van der Waals surface area contributed by atoms with Crippen LogP contribution in [0.1, 0.15) is 94.2 Å². The summed E-state index contributed by atoms with van der Waals surface area (Å²) in [5.74, 6) is 0. The Labute approximate surface area is 167 Å². The zero-order valence-electron chi connectivity index (χ0n) is 19.6. The molecule has 0 fully saturated rings. The Hall–Kier alpha value is 0.0800. The van der Waals surface area contributed by atoms with E-state index in [0.29, 0.717) is 20.6 Å². The van der Waals surface area contributed by atoms with Gasteiger partial charge in [-0.15, -0.1) is 0 Å². The van der Waals surface area contributed by atoms with Gasteiger partial charge in [0.05, 0.1) is 0 Å². The van der Waals surface area contributed by atoms with Gasteiger partial charge in [-0.3, -0.25) is 0 Å². The van der Waals surface area contributed by atoms with E-state index in [1.807, 2.05) is 0 Å². The van der Waals surface area contributed by atoms with Crippen molar-refractivity contribution in [3.05, 3.63) is 35.4 Å². The minimum atomic E-state index is -0.0916. The molecule has 0 aliphatic carbocycles. The first kappa shape index (κ1) is 24.1. The van der Waals surface area contributed by atoms with Crippen molar-refractivity contribution in [2.24, 2.45) is 0 Å². The van der Waals surface area contributed by atoms with E-state index < -0.39 is 0 Å². The molecule has 0 nitrogen and oxygen atoms in total. The van der Waals surface area contributed by atoms with E-state index in [0.717, 1.165) is 0 Å². The SMILES string of the molecule is CC(C)(C)P(Cc1cccc(CP(C(C)(C)C)C(C)(C)C)c1)C(C)(C)C. The summed E-state index contributed by atoms with van der Waals surface area (Å²) in [7, 11) is -0.183. The highest BCUT2D eigenvalue weighted by Gasteiger charge is 2.35. The minimum absolute atomic E-state index is 0.0916. The van der Waals surface area contributed by atoms with Gasteiger partial charge in [0.1, 0.15) is 0 Å². The molecule has 1 aromatic carbocycles. The van der Waals surface area contributed by atoms with Crippen LogP contribution in [0.15, 0.2) is 24.3 Å². The van der Waals surface area contributed by atoms with Gasteiger partial charge in [0.15, 0.2) is 0 Å². The van der Waals surface area contributed by atoms with Crippen molar-refractivity contribution in [1.82, 2.24) is 0 Å². The van der Waals surface area contributed by atoms with Crippen molar-refractivity contribution in [1.29, 1.82) is 0 Å². The molecule has 0 aromatic heterocycles. The normalized spacial score (nSPS) is 14.4. The van der Waals surface area contributed by atoms with Gasteiger partial charge < -0.3 is 0 Å². The third-order valence-electron chi connectivity index (χ3n) is 4.91. The van der Waals surface area contributed by atoms with Crippen LogP contribution in [0.4, 0.5) is 0 Å². The maximum atomic E-state index is 2.51. The van der Waals surface area contributed by atoms with E-state index in [2.05, 4.69) is 107 Å². The van der Waals surface area contributed by atoms with E-state index in [1.54, 1.807) is 0 Å². The average Bonchev–Trinajstić information content (AvgIpc) is 2.37. The molecular formula is C24H44P2. The predicted molar refractivity (Wildman–Crippen MR) is 127 cm³/mol. The number of benzene rings is 1. The highest BCUT2D eigenvalue weighted by molar-refractivity contribution is 7.60. The molecule has 0 atom stereocenters. The Kier molecular flexibility index (Phi) is 7.62. The van der Waals surface area contributed by atoms with Gasteiger partial charge in [0.25, 0.3) is 0 Å². The quantitative estimate of drug-likeness (QED) is 0.447. The van der Waals surface area contributed by atoms with Crippen molar-refractivity contribution in [2.45, 2.75) is 116 Å². The molecule has 0 amide bonds. The van der Waals surface area contributed by atoms with Crippen LogP contribution in [0.5, 0.6) is 0 Å². The molecule has 0 aliphatic heterocycles. The lowest BCUT2D eigenvalue weighted by atomic mass is 10.2. The molecule has 150 valence electrons. The van der Waals surface area contributed by atoms with Crippen LogP contribution in [0.25, 0.3) is 0 Å². The van der Waals surface area contributed by atoms with Crippen LogP contribution >= 0.6 is 15.8 Å². The molecule has 0 saturated carbocycles. The van der Waals surface area contributed by atoms with Crippen LogP contribution in [0.2, 0.25) is 0 Å². The van der Waals surface area contributed by atoms with Crippen LogP contribution in [0.3, 0.4) is 0 Å². The second-order valence-electron chi connectivity index (χ2n) is 11.7. The topological polar surface area (TPSA) is 0 Å². The third kappa shape index (κ3) is 7.24. The summed E-state index contributed by atoms with van der Waals surface area (Å²) in [5.41, 5.74) is 3.08. The monoisotopic (exact) mass is 394 g/mol. The first-order valence-corrected chi connectivity index (χ1v) is 13.1. The van der Waals surface area contributed by atoms with Crippen molar-refractivity contribution in [2.75, 3.05) is 0 Å². The fourth-order valence-corrected chi connectivity index (χ4v) is 11.2. The van der Waals surface area contributed by atoms with Crippen LogP contribution in [0, 0.1) is 0 Å². The van der Waals surface area contributed by atoms with Crippen molar-refractivity contribution in [3.63, 3.8) is 0 Å². The van der Waals surface area contributed by atoms with Crippen LogP contribution < -0.4 is 0 Å². The Morgan fingerprint density at radius 2 is 0.808 bits per heavy atom. The van der Waals surface area contributed by atoms with Crippen LogP contribution in [-0.4, -0.2) is 20.6 Å². The molecule has 0 saturated heterocycles. The van der Waals surface area contributed by atoms with E-state index in [1.165, 1.54) is 23.5 Å². The van der Waals surface area contributed by atoms with E-state index in [4.69, 9.17) is 0 Å². The van der Waals surface area contributed by atoms with E-state index in [-0.39, 0.29) is 15.8 Å². The highest BCUT2D eigenvalue weighted by Crippen LogP contribution is 2.62. The first-order chi connectivity index (χ1) is 11.4. The van der Waals surface area contributed by atoms with Crippen molar-refractivity contribution < 1.29 is 0 Å². The standard InChI is InChI=1S/C24H44P2/c1-21(2,3)25(22(4,5)6)17-19-14-13-15-20(16-19)18-26(23(7,8)9)24(10,11)12/h13-16H,17-18H2,1-12H3. The molecule has 0 aliphatic rings. The molecule has 0 radical (unpaired) electrons. The smallest absolute Gasteiger partial charge is 0.00636 e. The van der Waals surface area contributed by atoms with Crippen LogP contribution in [-0.2, 0) is 12.3 Å². The summed E-state index contributed by atoms with van der Waals surface area (Å²) < 4.78 is 0. The summed E-state index contributed by atoms with van der Waals surface area (Å²) in [4.78, 5) is 0. The van der Waals surface area contributed by atoms with Gasteiger partial charge in [0, 0.05) is 0 Å². The lowest BCUT2D eigenvalue weighted by Gasteiger charge is -2.42. The zero-order valence-corrected chi connectivity index (χ0v) is 21.4. The lowest BCUT2D eigenvalue weighted by Crippen LogP contribution is -2.26. The number of hydrogen-bond acceptors (Lipinski definition) is 0. The molecule has 0 spiro atoms. The van der Waals surface area contributed by atoms with Gasteiger partial charge in [-0.2, -0.15) is 0 Å². The summed E-state index contributed by atoms with van der Waals surface area (Å²) >= 11 is 0. The van der Waals surface area contributed by atoms with Gasteiger partial charge in [-0.1, -0.05) is 123 Å². The maximum absolute atomic E-state index is 2.51. The molecule has 1 rings (SSSR count). The molecule has 2 heteroatoms. The Morgan fingerprint density at radius 3 is 1.04 bits per heavy atom. The second kappa shape index (κ2) is 8.21. The Balaban J connectivity index is 3.11. The fraction of sp³-hybridized carbons (Fsp3) is 0.750. The molecule has 1 aromatic rings. The minimum Gasteiger partial charge on any atom is -0.0911 e. The summed E-state index contributed by atoms with van der Waals surface area (Å²) in [6, 6.07) is 9.52. The second-order valence-corrected chi connectivity index (χ2v) is 19.4. The lowest BCUT2D eigenvalue weighted by molar-refractivity contribution is 0.702. The van der Waals surface area contributed by atoms with Gasteiger partial charge >= 0.3 is 0 Å². The molecule has 0 heterocycles. The fourth-order valence-electron chi connectivity index (χ4n) is 4.15. The Bertz CT molecular complexity index is 497. The van der Waals surface area contributed by atoms with E-state index in [9.17, 15) is 0 Å². The summed E-state index contributed by atoms with van der Waals surface area (Å²) in [5, 5.41) is 1.53. The molecule has 0 bridgehead atoms. The van der Waals surface area contributed by atoms with Gasteiger partial charge in [-0.05, 0) is 44.1 Å². The third-order valence-corrected chi connectivity index (χ3v) is 12.8. The molecular weight excluding hydrogens is 350 g/mol. The van der Waals surface area contributed by atoms with E-state index >= 15 is 0 Å². The maximum Gasteiger partial charge on any atom is -0.00636 e. The van der Waals surface area contributed by atoms with Gasteiger partial charge in [-0.25, -0.2) is 0 Å². The largest absolute Gasteiger partial charge is 0.0911 e. The molecule has 0 N–H and O–H groups in total. The number of rotatable bonds is 4. The zero-order chi connectivity index (χ0) is 20.6. The average molecular weight is 395 g/mol. The van der Waals surface area contributed by atoms with Crippen molar-refractivity contribution in [3.8, 4) is 0 Å². The van der Waals surface area contributed by atoms with Crippen molar-refractivity contribution >= 4 is 15.8 Å². The Morgan fingerprint density at radius 1 is 0.538 bits per heavy atom. The van der Waals surface area contributed by atoms with Gasteiger partial charge in [0.2, 0.25) is 0 Å².